The molecule has 0 aliphatic carbocycles. The number of rotatable bonds is 9. The largest absolute Gasteiger partial charge is 0.497 e. The first kappa shape index (κ1) is 23.1. The van der Waals surface area contributed by atoms with Crippen LogP contribution >= 0.6 is 0 Å². The van der Waals surface area contributed by atoms with Gasteiger partial charge in [0.15, 0.2) is 5.96 Å². The van der Waals surface area contributed by atoms with Gasteiger partial charge in [0.1, 0.15) is 5.75 Å². The SMILES string of the molecule is CN=C(NCC(c1ccc(OC)cc1)N1CCOCC1)NC(C)CCc1ccccc1. The molecule has 2 N–H and O–H groups in total. The van der Waals surface area contributed by atoms with Crippen LogP contribution in [0.5, 0.6) is 5.75 Å². The van der Waals surface area contributed by atoms with Crippen LogP contribution in [-0.4, -0.2) is 63.9 Å². The molecular weight excluding hydrogens is 388 g/mol. The van der Waals surface area contributed by atoms with Gasteiger partial charge in [-0.2, -0.15) is 0 Å². The van der Waals surface area contributed by atoms with Crippen molar-refractivity contribution in [1.82, 2.24) is 15.5 Å². The maximum absolute atomic E-state index is 5.57. The fourth-order valence-electron chi connectivity index (χ4n) is 3.89. The lowest BCUT2D eigenvalue weighted by molar-refractivity contribution is 0.0170. The predicted octanol–water partition coefficient (Wildman–Crippen LogP) is 3.25. The maximum Gasteiger partial charge on any atom is 0.191 e. The molecule has 1 aliphatic rings. The molecule has 2 aromatic carbocycles. The van der Waals surface area contributed by atoms with Gasteiger partial charge in [0, 0.05) is 32.7 Å². The summed E-state index contributed by atoms with van der Waals surface area (Å²) in [5, 5.41) is 7.09. The second-order valence-corrected chi connectivity index (χ2v) is 7.96. The lowest BCUT2D eigenvalue weighted by Crippen LogP contribution is -2.48. The minimum atomic E-state index is 0.244. The number of aliphatic imine (C=N–C) groups is 1. The third-order valence-electron chi connectivity index (χ3n) is 5.77. The van der Waals surface area contributed by atoms with Crippen LogP contribution in [-0.2, 0) is 11.2 Å². The molecule has 3 rings (SSSR count). The van der Waals surface area contributed by atoms with Crippen molar-refractivity contribution >= 4 is 5.96 Å². The molecule has 0 amide bonds. The van der Waals surface area contributed by atoms with E-state index >= 15 is 0 Å². The van der Waals surface area contributed by atoms with Crippen molar-refractivity contribution in [2.24, 2.45) is 4.99 Å². The van der Waals surface area contributed by atoms with Crippen LogP contribution in [0, 0.1) is 0 Å². The Labute approximate surface area is 186 Å². The number of methoxy groups -OCH3 is 1. The Morgan fingerprint density at radius 2 is 1.81 bits per heavy atom. The van der Waals surface area contributed by atoms with Crippen molar-refractivity contribution in [2.45, 2.75) is 31.8 Å². The van der Waals surface area contributed by atoms with Gasteiger partial charge in [0.2, 0.25) is 0 Å². The predicted molar refractivity (Wildman–Crippen MR) is 127 cm³/mol. The van der Waals surface area contributed by atoms with Crippen LogP contribution in [0.1, 0.15) is 30.5 Å². The van der Waals surface area contributed by atoms with E-state index in [1.165, 1.54) is 11.1 Å². The molecular formula is C25H36N4O2. The molecule has 31 heavy (non-hydrogen) atoms. The molecule has 0 bridgehead atoms. The molecule has 168 valence electrons. The summed E-state index contributed by atoms with van der Waals surface area (Å²) in [6, 6.07) is 19.6. The maximum atomic E-state index is 5.57. The molecule has 6 heteroatoms. The Morgan fingerprint density at radius 3 is 2.45 bits per heavy atom. The number of nitrogens with one attached hydrogen (secondary N) is 2. The Hall–Kier alpha value is -2.57. The Kier molecular flexibility index (Phi) is 9.18. The summed E-state index contributed by atoms with van der Waals surface area (Å²) < 4.78 is 10.9. The highest BCUT2D eigenvalue weighted by molar-refractivity contribution is 5.80. The zero-order valence-electron chi connectivity index (χ0n) is 19.0. The molecule has 1 fully saturated rings. The number of ether oxygens (including phenoxy) is 2. The average Bonchev–Trinajstić information content (AvgIpc) is 2.84. The summed E-state index contributed by atoms with van der Waals surface area (Å²) in [4.78, 5) is 6.93. The van der Waals surface area contributed by atoms with Crippen LogP contribution in [0.15, 0.2) is 59.6 Å². The van der Waals surface area contributed by atoms with Crippen LogP contribution in [0.2, 0.25) is 0 Å². The van der Waals surface area contributed by atoms with Crippen molar-refractivity contribution in [3.63, 3.8) is 0 Å². The molecule has 2 aromatic rings. The minimum Gasteiger partial charge on any atom is -0.497 e. The Morgan fingerprint density at radius 1 is 1.10 bits per heavy atom. The standard InChI is InChI=1S/C25H36N4O2/c1-20(9-10-21-7-5-4-6-8-21)28-25(26-2)27-19-24(29-15-17-31-18-16-29)22-11-13-23(30-3)14-12-22/h4-8,11-14,20,24H,9-10,15-19H2,1-3H3,(H2,26,27,28). The zero-order chi connectivity index (χ0) is 21.9. The fraction of sp³-hybridized carbons (Fsp3) is 0.480. The smallest absolute Gasteiger partial charge is 0.191 e. The van der Waals surface area contributed by atoms with E-state index in [1.54, 1.807) is 7.11 Å². The molecule has 2 atom stereocenters. The number of morpholine rings is 1. The van der Waals surface area contributed by atoms with E-state index in [9.17, 15) is 0 Å². The van der Waals surface area contributed by atoms with Gasteiger partial charge in [-0.15, -0.1) is 0 Å². The van der Waals surface area contributed by atoms with Crippen LogP contribution in [0.4, 0.5) is 0 Å². The second kappa shape index (κ2) is 12.3. The van der Waals surface area contributed by atoms with Crippen molar-refractivity contribution in [3.8, 4) is 5.75 Å². The molecule has 0 saturated carbocycles. The van der Waals surface area contributed by atoms with E-state index in [0.29, 0.717) is 6.04 Å². The molecule has 1 saturated heterocycles. The van der Waals surface area contributed by atoms with Crippen molar-refractivity contribution < 1.29 is 9.47 Å². The van der Waals surface area contributed by atoms with Gasteiger partial charge in [-0.1, -0.05) is 42.5 Å². The summed E-state index contributed by atoms with van der Waals surface area (Å²) in [5.41, 5.74) is 2.63. The van der Waals surface area contributed by atoms with E-state index in [4.69, 9.17) is 9.47 Å². The molecule has 0 spiro atoms. The molecule has 1 aliphatic heterocycles. The topological polar surface area (TPSA) is 58.1 Å². The van der Waals surface area contributed by atoms with Crippen LogP contribution < -0.4 is 15.4 Å². The quantitative estimate of drug-likeness (QED) is 0.478. The summed E-state index contributed by atoms with van der Waals surface area (Å²) in [6.07, 6.45) is 2.10. The highest BCUT2D eigenvalue weighted by Crippen LogP contribution is 2.23. The first-order valence-corrected chi connectivity index (χ1v) is 11.2. The van der Waals surface area contributed by atoms with Crippen molar-refractivity contribution in [1.29, 1.82) is 0 Å². The molecule has 0 radical (unpaired) electrons. The van der Waals surface area contributed by atoms with Gasteiger partial charge in [-0.05, 0) is 43.0 Å². The van der Waals surface area contributed by atoms with Gasteiger partial charge in [0.25, 0.3) is 0 Å². The summed E-state index contributed by atoms with van der Waals surface area (Å²) in [7, 11) is 3.53. The number of nitrogens with zero attached hydrogens (tertiary/aromatic N) is 2. The van der Waals surface area contributed by atoms with E-state index in [0.717, 1.165) is 57.4 Å². The normalized spacial score (nSPS) is 17.1. The first-order valence-electron chi connectivity index (χ1n) is 11.2. The molecule has 1 heterocycles. The lowest BCUT2D eigenvalue weighted by atomic mass is 10.0. The number of aryl methyl sites for hydroxylation is 1. The number of guanidine groups is 1. The Balaban J connectivity index is 1.57. The van der Waals surface area contributed by atoms with Crippen molar-refractivity contribution in [3.05, 3.63) is 65.7 Å². The monoisotopic (exact) mass is 424 g/mol. The summed E-state index contributed by atoms with van der Waals surface area (Å²) >= 11 is 0. The molecule has 2 unspecified atom stereocenters. The number of benzene rings is 2. The average molecular weight is 425 g/mol. The van der Waals surface area contributed by atoms with E-state index in [1.807, 2.05) is 19.2 Å². The van der Waals surface area contributed by atoms with Crippen LogP contribution in [0.25, 0.3) is 0 Å². The molecule has 0 aromatic heterocycles. The van der Waals surface area contributed by atoms with Gasteiger partial charge in [-0.3, -0.25) is 9.89 Å². The van der Waals surface area contributed by atoms with E-state index in [-0.39, 0.29) is 6.04 Å². The minimum absolute atomic E-state index is 0.244. The first-order chi connectivity index (χ1) is 15.2. The van der Waals surface area contributed by atoms with Gasteiger partial charge < -0.3 is 20.1 Å². The van der Waals surface area contributed by atoms with Gasteiger partial charge in [0.05, 0.1) is 26.4 Å². The van der Waals surface area contributed by atoms with Gasteiger partial charge in [-0.25, -0.2) is 0 Å². The summed E-state index contributed by atoms with van der Waals surface area (Å²) in [5.74, 6) is 1.72. The second-order valence-electron chi connectivity index (χ2n) is 7.96. The fourth-order valence-corrected chi connectivity index (χ4v) is 3.89. The lowest BCUT2D eigenvalue weighted by Gasteiger charge is -2.35. The highest BCUT2D eigenvalue weighted by atomic mass is 16.5. The zero-order valence-corrected chi connectivity index (χ0v) is 19.0. The summed E-state index contributed by atoms with van der Waals surface area (Å²) in [6.45, 7) is 6.39. The highest BCUT2D eigenvalue weighted by Gasteiger charge is 2.23. The molecule has 6 nitrogen and oxygen atoms in total. The van der Waals surface area contributed by atoms with Crippen molar-refractivity contribution in [2.75, 3.05) is 47.0 Å². The van der Waals surface area contributed by atoms with E-state index in [2.05, 4.69) is 69.9 Å². The third-order valence-corrected chi connectivity index (χ3v) is 5.77. The third kappa shape index (κ3) is 7.26. The Bertz CT molecular complexity index is 789. The number of hydrogen-bond acceptors (Lipinski definition) is 4. The number of hydrogen-bond donors (Lipinski definition) is 2. The van der Waals surface area contributed by atoms with Gasteiger partial charge >= 0.3 is 0 Å². The van der Waals surface area contributed by atoms with E-state index < -0.39 is 0 Å². The van der Waals surface area contributed by atoms with Crippen LogP contribution in [0.3, 0.4) is 0 Å².